The minimum atomic E-state index is -0.221. The normalized spacial score (nSPS) is 10.4. The molecular formula is C13H13N3O2S. The molecule has 0 aliphatic rings. The van der Waals surface area contributed by atoms with Gasteiger partial charge < -0.3 is 10.3 Å². The molecule has 0 aliphatic heterocycles. The van der Waals surface area contributed by atoms with Crippen LogP contribution in [0.4, 0.5) is 0 Å². The zero-order valence-electron chi connectivity index (χ0n) is 10.4. The first-order valence-corrected chi connectivity index (χ1v) is 6.07. The molecule has 0 saturated carbocycles. The Bertz CT molecular complexity index is 774. The van der Waals surface area contributed by atoms with E-state index in [4.69, 9.17) is 12.2 Å². The van der Waals surface area contributed by atoms with Gasteiger partial charge >= 0.3 is 0 Å². The number of carbonyl (C=O) groups excluding carboxylic acids is 1. The number of carbonyl (C=O) groups is 1. The predicted octanol–water partition coefficient (Wildman–Crippen LogP) is 1.51. The van der Waals surface area contributed by atoms with Crippen LogP contribution in [-0.2, 0) is 7.05 Å². The van der Waals surface area contributed by atoms with E-state index in [0.29, 0.717) is 27.8 Å². The Morgan fingerprint density at radius 3 is 3.00 bits per heavy atom. The first-order chi connectivity index (χ1) is 9.04. The van der Waals surface area contributed by atoms with Crippen LogP contribution in [-0.4, -0.2) is 22.0 Å². The van der Waals surface area contributed by atoms with Gasteiger partial charge in [0.15, 0.2) is 4.77 Å². The van der Waals surface area contributed by atoms with Crippen molar-refractivity contribution in [3.05, 3.63) is 51.5 Å². The van der Waals surface area contributed by atoms with Crippen molar-refractivity contribution in [1.82, 2.24) is 14.9 Å². The van der Waals surface area contributed by atoms with Crippen LogP contribution >= 0.6 is 12.2 Å². The summed E-state index contributed by atoms with van der Waals surface area (Å²) < 4.78 is 1.68. The molecule has 0 spiro atoms. The van der Waals surface area contributed by atoms with Crippen LogP contribution in [0.15, 0.2) is 35.6 Å². The molecule has 6 heteroatoms. The van der Waals surface area contributed by atoms with Gasteiger partial charge in [-0.3, -0.25) is 14.2 Å². The van der Waals surface area contributed by atoms with Gasteiger partial charge in [-0.05, 0) is 30.4 Å². The van der Waals surface area contributed by atoms with Crippen LogP contribution in [0.25, 0.3) is 10.9 Å². The highest BCUT2D eigenvalue weighted by Crippen LogP contribution is 2.10. The van der Waals surface area contributed by atoms with Gasteiger partial charge in [-0.25, -0.2) is 0 Å². The molecule has 0 fully saturated rings. The smallest absolute Gasteiger partial charge is 0.261 e. The van der Waals surface area contributed by atoms with E-state index in [-0.39, 0.29) is 11.5 Å². The lowest BCUT2D eigenvalue weighted by Gasteiger charge is -2.05. The predicted molar refractivity (Wildman–Crippen MR) is 76.9 cm³/mol. The molecular weight excluding hydrogens is 262 g/mol. The van der Waals surface area contributed by atoms with E-state index < -0.39 is 0 Å². The van der Waals surface area contributed by atoms with Gasteiger partial charge in [-0.15, -0.1) is 6.58 Å². The third-order valence-corrected chi connectivity index (χ3v) is 3.15. The standard InChI is InChI=1S/C13H13N3O2S/c1-3-6-14-11(17)8-4-5-9-10(7-8)15-13(19)16(2)12(9)18/h3-5,7H,1,6H2,2H3,(H,14,17)(H,15,19). The Balaban J connectivity index is 2.56. The molecule has 0 aliphatic carbocycles. The number of nitrogens with zero attached hydrogens (tertiary/aromatic N) is 1. The minimum Gasteiger partial charge on any atom is -0.349 e. The summed E-state index contributed by atoms with van der Waals surface area (Å²) in [4.78, 5) is 26.7. The summed E-state index contributed by atoms with van der Waals surface area (Å²) in [5.41, 5.74) is 0.837. The Labute approximate surface area is 114 Å². The molecule has 5 nitrogen and oxygen atoms in total. The van der Waals surface area contributed by atoms with Crippen molar-refractivity contribution >= 4 is 29.0 Å². The summed E-state index contributed by atoms with van der Waals surface area (Å²) >= 11 is 5.04. The molecule has 0 radical (unpaired) electrons. The number of hydrogen-bond donors (Lipinski definition) is 2. The Hall–Kier alpha value is -2.21. The Morgan fingerprint density at radius 1 is 1.58 bits per heavy atom. The summed E-state index contributed by atoms with van der Waals surface area (Å²) in [5, 5.41) is 3.17. The monoisotopic (exact) mass is 275 g/mol. The number of benzene rings is 1. The average Bonchev–Trinajstić information content (AvgIpc) is 2.41. The topological polar surface area (TPSA) is 66.9 Å². The van der Waals surface area contributed by atoms with Crippen LogP contribution in [0.1, 0.15) is 10.4 Å². The van der Waals surface area contributed by atoms with E-state index in [2.05, 4.69) is 16.9 Å². The summed E-state index contributed by atoms with van der Waals surface area (Å²) in [7, 11) is 1.60. The van der Waals surface area contributed by atoms with E-state index in [0.717, 1.165) is 0 Å². The maximum atomic E-state index is 12.0. The number of H-pyrrole nitrogens is 1. The highest BCUT2D eigenvalue weighted by molar-refractivity contribution is 7.71. The van der Waals surface area contributed by atoms with Crippen molar-refractivity contribution in [2.75, 3.05) is 6.54 Å². The quantitative estimate of drug-likeness (QED) is 0.659. The number of amides is 1. The zero-order valence-corrected chi connectivity index (χ0v) is 11.2. The molecule has 0 unspecified atom stereocenters. The van der Waals surface area contributed by atoms with E-state index in [1.54, 1.807) is 31.3 Å². The molecule has 19 heavy (non-hydrogen) atoms. The molecule has 1 heterocycles. The van der Waals surface area contributed by atoms with Crippen molar-refractivity contribution < 1.29 is 4.79 Å². The highest BCUT2D eigenvalue weighted by atomic mass is 32.1. The summed E-state index contributed by atoms with van der Waals surface area (Å²) in [5.74, 6) is -0.221. The first-order valence-electron chi connectivity index (χ1n) is 5.66. The number of rotatable bonds is 3. The van der Waals surface area contributed by atoms with Crippen LogP contribution < -0.4 is 10.9 Å². The Morgan fingerprint density at radius 2 is 2.32 bits per heavy atom. The van der Waals surface area contributed by atoms with E-state index in [1.807, 2.05) is 0 Å². The second-order valence-electron chi connectivity index (χ2n) is 4.05. The van der Waals surface area contributed by atoms with Crippen molar-refractivity contribution in [3.63, 3.8) is 0 Å². The molecule has 2 aromatic rings. The van der Waals surface area contributed by atoms with Crippen molar-refractivity contribution in [2.45, 2.75) is 0 Å². The molecule has 2 N–H and O–H groups in total. The van der Waals surface area contributed by atoms with Gasteiger partial charge in [0.2, 0.25) is 0 Å². The molecule has 0 bridgehead atoms. The van der Waals surface area contributed by atoms with Gasteiger partial charge in [0.1, 0.15) is 0 Å². The maximum Gasteiger partial charge on any atom is 0.261 e. The van der Waals surface area contributed by atoms with Gasteiger partial charge in [0.05, 0.1) is 10.9 Å². The molecule has 1 aromatic heterocycles. The van der Waals surface area contributed by atoms with Crippen LogP contribution in [0.5, 0.6) is 0 Å². The zero-order chi connectivity index (χ0) is 14.0. The van der Waals surface area contributed by atoms with Gasteiger partial charge in [0, 0.05) is 19.2 Å². The molecule has 2 rings (SSSR count). The third kappa shape index (κ3) is 2.48. The van der Waals surface area contributed by atoms with Crippen molar-refractivity contribution in [3.8, 4) is 0 Å². The maximum absolute atomic E-state index is 12.0. The minimum absolute atomic E-state index is 0.184. The molecule has 0 atom stereocenters. The van der Waals surface area contributed by atoms with E-state index in [9.17, 15) is 9.59 Å². The second kappa shape index (κ2) is 5.19. The van der Waals surface area contributed by atoms with Crippen LogP contribution in [0, 0.1) is 4.77 Å². The second-order valence-corrected chi connectivity index (χ2v) is 4.44. The van der Waals surface area contributed by atoms with Gasteiger partial charge in [-0.1, -0.05) is 6.08 Å². The van der Waals surface area contributed by atoms with Crippen molar-refractivity contribution in [2.24, 2.45) is 7.05 Å². The SMILES string of the molecule is C=CCNC(=O)c1ccc2c(=O)n(C)c(=S)[nH]c2c1. The van der Waals surface area contributed by atoms with E-state index >= 15 is 0 Å². The molecule has 0 saturated heterocycles. The largest absolute Gasteiger partial charge is 0.349 e. The van der Waals surface area contributed by atoms with Crippen molar-refractivity contribution in [1.29, 1.82) is 0 Å². The first kappa shape index (κ1) is 13.2. The van der Waals surface area contributed by atoms with Gasteiger partial charge in [-0.2, -0.15) is 0 Å². The highest BCUT2D eigenvalue weighted by Gasteiger charge is 2.08. The lowest BCUT2D eigenvalue weighted by atomic mass is 10.1. The lowest BCUT2D eigenvalue weighted by molar-refractivity contribution is 0.0958. The fourth-order valence-electron chi connectivity index (χ4n) is 1.71. The lowest BCUT2D eigenvalue weighted by Crippen LogP contribution is -2.23. The fraction of sp³-hybridized carbons (Fsp3) is 0.154. The van der Waals surface area contributed by atoms with E-state index in [1.165, 1.54) is 4.57 Å². The third-order valence-electron chi connectivity index (χ3n) is 2.77. The molecule has 1 aromatic carbocycles. The fourth-order valence-corrected chi connectivity index (χ4v) is 1.91. The summed E-state index contributed by atoms with van der Waals surface area (Å²) in [6, 6.07) is 4.84. The van der Waals surface area contributed by atoms with Crippen LogP contribution in [0.2, 0.25) is 0 Å². The number of fused-ring (bicyclic) bond motifs is 1. The van der Waals surface area contributed by atoms with Crippen LogP contribution in [0.3, 0.4) is 0 Å². The molecule has 1 amide bonds. The average molecular weight is 275 g/mol. The Kier molecular flexibility index (Phi) is 3.62. The number of nitrogens with one attached hydrogen (secondary N) is 2. The number of aromatic amines is 1. The molecule has 98 valence electrons. The summed E-state index contributed by atoms with van der Waals surface area (Å²) in [6.45, 7) is 3.92. The number of hydrogen-bond acceptors (Lipinski definition) is 3. The van der Waals surface area contributed by atoms with Gasteiger partial charge in [0.25, 0.3) is 11.5 Å². The number of aromatic nitrogens is 2. The summed E-state index contributed by atoms with van der Waals surface area (Å²) in [6.07, 6.45) is 1.60.